The summed E-state index contributed by atoms with van der Waals surface area (Å²) in [4.78, 5) is 18.0. The number of pyridine rings is 1. The molecule has 1 heterocycles. The van der Waals surface area contributed by atoms with Crippen molar-refractivity contribution in [3.63, 3.8) is 0 Å². The highest BCUT2D eigenvalue weighted by molar-refractivity contribution is 6.30. The lowest BCUT2D eigenvalue weighted by molar-refractivity contribution is 0.0742. The fourth-order valence-electron chi connectivity index (χ4n) is 1.99. The molecule has 0 aliphatic heterocycles. The van der Waals surface area contributed by atoms with Crippen molar-refractivity contribution in [1.82, 2.24) is 9.88 Å². The van der Waals surface area contributed by atoms with Crippen molar-refractivity contribution in [2.75, 3.05) is 12.8 Å². The molecule has 1 aromatic heterocycles. The van der Waals surface area contributed by atoms with Crippen molar-refractivity contribution in [2.24, 2.45) is 0 Å². The lowest BCUT2D eigenvalue weighted by Gasteiger charge is -2.25. The standard InChI is InChI=1S/C15H15Cl2N3O/c1-9(10-3-5-12(16)6-4-10)20(2)15(21)11-7-13(17)19-14(18)8-11/h3-9H,1-2H3,(H2,18,19). The maximum absolute atomic E-state index is 12.5. The summed E-state index contributed by atoms with van der Waals surface area (Å²) in [5, 5.41) is 0.861. The number of nitrogens with zero attached hydrogens (tertiary/aromatic N) is 2. The number of nitrogen functional groups attached to an aromatic ring is 1. The molecule has 110 valence electrons. The Balaban J connectivity index is 2.23. The molecular formula is C15H15Cl2N3O. The first-order valence-electron chi connectivity index (χ1n) is 6.34. The van der Waals surface area contributed by atoms with Gasteiger partial charge in [-0.05, 0) is 36.8 Å². The van der Waals surface area contributed by atoms with Gasteiger partial charge in [-0.25, -0.2) is 4.98 Å². The van der Waals surface area contributed by atoms with Crippen LogP contribution in [-0.2, 0) is 0 Å². The van der Waals surface area contributed by atoms with E-state index in [0.717, 1.165) is 5.56 Å². The summed E-state index contributed by atoms with van der Waals surface area (Å²) in [6.07, 6.45) is 0. The van der Waals surface area contributed by atoms with Crippen molar-refractivity contribution in [3.05, 3.63) is 57.7 Å². The fourth-order valence-corrected chi connectivity index (χ4v) is 2.33. The van der Waals surface area contributed by atoms with E-state index in [1.54, 1.807) is 24.1 Å². The summed E-state index contributed by atoms with van der Waals surface area (Å²) in [6, 6.07) is 10.3. The highest BCUT2D eigenvalue weighted by Crippen LogP contribution is 2.23. The maximum Gasteiger partial charge on any atom is 0.254 e. The molecule has 0 saturated heterocycles. The summed E-state index contributed by atoms with van der Waals surface area (Å²) < 4.78 is 0. The van der Waals surface area contributed by atoms with Gasteiger partial charge in [-0.2, -0.15) is 0 Å². The third-order valence-electron chi connectivity index (χ3n) is 3.31. The first-order valence-corrected chi connectivity index (χ1v) is 7.10. The molecule has 4 nitrogen and oxygen atoms in total. The monoisotopic (exact) mass is 323 g/mol. The Kier molecular flexibility index (Phi) is 4.70. The van der Waals surface area contributed by atoms with Crippen LogP contribution in [0.3, 0.4) is 0 Å². The highest BCUT2D eigenvalue weighted by atomic mass is 35.5. The summed E-state index contributed by atoms with van der Waals surface area (Å²) in [5.41, 5.74) is 7.02. The lowest BCUT2D eigenvalue weighted by Crippen LogP contribution is -2.29. The van der Waals surface area contributed by atoms with E-state index in [-0.39, 0.29) is 22.9 Å². The van der Waals surface area contributed by atoms with Gasteiger partial charge in [0, 0.05) is 17.6 Å². The second kappa shape index (κ2) is 6.33. The zero-order valence-electron chi connectivity index (χ0n) is 11.7. The van der Waals surface area contributed by atoms with Crippen LogP contribution in [0, 0.1) is 0 Å². The highest BCUT2D eigenvalue weighted by Gasteiger charge is 2.19. The zero-order valence-corrected chi connectivity index (χ0v) is 13.2. The predicted molar refractivity (Wildman–Crippen MR) is 85.6 cm³/mol. The number of anilines is 1. The molecule has 0 aliphatic carbocycles. The number of aromatic nitrogens is 1. The van der Waals surface area contributed by atoms with Crippen LogP contribution in [0.5, 0.6) is 0 Å². The minimum Gasteiger partial charge on any atom is -0.384 e. The fraction of sp³-hybridized carbons (Fsp3) is 0.200. The molecule has 0 spiro atoms. The third kappa shape index (κ3) is 3.65. The van der Waals surface area contributed by atoms with E-state index in [4.69, 9.17) is 28.9 Å². The van der Waals surface area contributed by atoms with Crippen molar-refractivity contribution in [2.45, 2.75) is 13.0 Å². The predicted octanol–water partition coefficient (Wildman–Crippen LogP) is 3.80. The Morgan fingerprint density at radius 1 is 1.24 bits per heavy atom. The topological polar surface area (TPSA) is 59.2 Å². The van der Waals surface area contributed by atoms with Crippen LogP contribution in [0.4, 0.5) is 5.82 Å². The van der Waals surface area contributed by atoms with Crippen LogP contribution in [0.1, 0.15) is 28.9 Å². The largest absolute Gasteiger partial charge is 0.384 e. The van der Waals surface area contributed by atoms with E-state index >= 15 is 0 Å². The van der Waals surface area contributed by atoms with E-state index in [2.05, 4.69) is 4.98 Å². The van der Waals surface area contributed by atoms with Crippen molar-refractivity contribution in [1.29, 1.82) is 0 Å². The Morgan fingerprint density at radius 3 is 2.43 bits per heavy atom. The number of hydrogen-bond acceptors (Lipinski definition) is 3. The van der Waals surface area contributed by atoms with Crippen LogP contribution in [0.2, 0.25) is 10.2 Å². The number of benzene rings is 1. The normalized spacial score (nSPS) is 12.0. The Morgan fingerprint density at radius 2 is 1.86 bits per heavy atom. The Hall–Kier alpha value is -1.78. The molecule has 0 bridgehead atoms. The summed E-state index contributed by atoms with van der Waals surface area (Å²) in [6.45, 7) is 1.94. The molecule has 0 fully saturated rings. The molecule has 1 unspecified atom stereocenters. The SMILES string of the molecule is CC(c1ccc(Cl)cc1)N(C)C(=O)c1cc(N)nc(Cl)c1. The van der Waals surface area contributed by atoms with Gasteiger partial charge >= 0.3 is 0 Å². The summed E-state index contributed by atoms with van der Waals surface area (Å²) >= 11 is 11.7. The average Bonchev–Trinajstić information content (AvgIpc) is 2.44. The van der Waals surface area contributed by atoms with Gasteiger partial charge in [-0.15, -0.1) is 0 Å². The third-order valence-corrected chi connectivity index (χ3v) is 3.76. The van der Waals surface area contributed by atoms with Gasteiger partial charge < -0.3 is 10.6 Å². The number of hydrogen-bond donors (Lipinski definition) is 1. The van der Waals surface area contributed by atoms with Gasteiger partial charge in [0.15, 0.2) is 0 Å². The molecule has 0 saturated carbocycles. The van der Waals surface area contributed by atoms with E-state index < -0.39 is 0 Å². The van der Waals surface area contributed by atoms with Crippen molar-refractivity contribution < 1.29 is 4.79 Å². The molecule has 2 N–H and O–H groups in total. The Bertz CT molecular complexity index is 638. The van der Waals surface area contributed by atoms with Gasteiger partial charge in [-0.3, -0.25) is 4.79 Å². The molecule has 2 aromatic rings. The second-order valence-corrected chi connectivity index (χ2v) is 5.57. The molecule has 0 radical (unpaired) electrons. The molecule has 1 atom stereocenters. The molecule has 1 aromatic carbocycles. The lowest BCUT2D eigenvalue weighted by atomic mass is 10.1. The van der Waals surface area contributed by atoms with Crippen molar-refractivity contribution >= 4 is 34.9 Å². The van der Waals surface area contributed by atoms with Gasteiger partial charge in [0.1, 0.15) is 11.0 Å². The van der Waals surface area contributed by atoms with Gasteiger partial charge in [0.2, 0.25) is 0 Å². The summed E-state index contributed by atoms with van der Waals surface area (Å²) in [7, 11) is 1.73. The molecule has 2 rings (SSSR count). The number of rotatable bonds is 3. The molecular weight excluding hydrogens is 309 g/mol. The number of carbonyl (C=O) groups is 1. The smallest absolute Gasteiger partial charge is 0.254 e. The number of amides is 1. The molecule has 1 amide bonds. The van der Waals surface area contributed by atoms with Crippen LogP contribution in [0.25, 0.3) is 0 Å². The maximum atomic E-state index is 12.5. The number of halogens is 2. The molecule has 0 aliphatic rings. The number of nitrogens with two attached hydrogens (primary N) is 1. The van der Waals surface area contributed by atoms with Crippen LogP contribution < -0.4 is 5.73 Å². The van der Waals surface area contributed by atoms with Crippen LogP contribution >= 0.6 is 23.2 Å². The first kappa shape index (κ1) is 15.6. The first-order chi connectivity index (χ1) is 9.88. The average molecular weight is 324 g/mol. The number of carbonyl (C=O) groups excluding carboxylic acids is 1. The van der Waals surface area contributed by atoms with E-state index in [0.29, 0.717) is 10.6 Å². The van der Waals surface area contributed by atoms with Gasteiger partial charge in [0.05, 0.1) is 6.04 Å². The minimum atomic E-state index is -0.173. The van der Waals surface area contributed by atoms with Crippen LogP contribution in [0.15, 0.2) is 36.4 Å². The zero-order chi connectivity index (χ0) is 15.6. The van der Waals surface area contributed by atoms with Crippen molar-refractivity contribution in [3.8, 4) is 0 Å². The van der Waals surface area contributed by atoms with Gasteiger partial charge in [-0.1, -0.05) is 35.3 Å². The quantitative estimate of drug-likeness (QED) is 0.874. The summed E-state index contributed by atoms with van der Waals surface area (Å²) in [5.74, 6) is 0.0480. The van der Waals surface area contributed by atoms with E-state index in [1.165, 1.54) is 12.1 Å². The van der Waals surface area contributed by atoms with E-state index in [9.17, 15) is 4.79 Å². The van der Waals surface area contributed by atoms with Crippen LogP contribution in [-0.4, -0.2) is 22.8 Å². The second-order valence-electron chi connectivity index (χ2n) is 4.75. The molecule has 6 heteroatoms. The van der Waals surface area contributed by atoms with E-state index in [1.807, 2.05) is 19.1 Å². The minimum absolute atomic E-state index is 0.108. The Labute approximate surface area is 133 Å². The molecule has 21 heavy (non-hydrogen) atoms. The van der Waals surface area contributed by atoms with Gasteiger partial charge in [0.25, 0.3) is 5.91 Å².